The van der Waals surface area contributed by atoms with Crippen molar-refractivity contribution in [3.05, 3.63) is 53.7 Å². The number of para-hydroxylation sites is 1. The third kappa shape index (κ3) is 2.32. The number of pyridine rings is 1. The van der Waals surface area contributed by atoms with E-state index >= 15 is 0 Å². The summed E-state index contributed by atoms with van der Waals surface area (Å²) in [7, 11) is 1.87. The van der Waals surface area contributed by atoms with Crippen molar-refractivity contribution < 1.29 is 9.90 Å². The van der Waals surface area contributed by atoms with E-state index in [0.29, 0.717) is 5.82 Å². The first-order chi connectivity index (χ1) is 8.59. The summed E-state index contributed by atoms with van der Waals surface area (Å²) in [6.07, 6.45) is 1.51. The van der Waals surface area contributed by atoms with Crippen LogP contribution in [-0.4, -0.2) is 23.1 Å². The first-order valence-electron chi connectivity index (χ1n) is 5.58. The number of anilines is 2. The molecule has 0 fully saturated rings. The maximum Gasteiger partial charge on any atom is 0.335 e. The van der Waals surface area contributed by atoms with Crippen LogP contribution in [0.3, 0.4) is 0 Å². The van der Waals surface area contributed by atoms with Crippen LogP contribution in [0.5, 0.6) is 0 Å². The highest BCUT2D eigenvalue weighted by Gasteiger charge is 2.10. The van der Waals surface area contributed by atoms with E-state index in [1.165, 1.54) is 12.3 Å². The molecule has 0 spiro atoms. The summed E-state index contributed by atoms with van der Waals surface area (Å²) < 4.78 is 0. The lowest BCUT2D eigenvalue weighted by Gasteiger charge is -2.20. The van der Waals surface area contributed by atoms with Crippen LogP contribution in [0.2, 0.25) is 0 Å². The molecule has 0 bridgehead atoms. The predicted octanol–water partition coefficient (Wildman–Crippen LogP) is 2.86. The third-order valence-electron chi connectivity index (χ3n) is 2.81. The van der Waals surface area contributed by atoms with Gasteiger partial charge in [0.1, 0.15) is 5.82 Å². The van der Waals surface area contributed by atoms with Gasteiger partial charge >= 0.3 is 5.97 Å². The monoisotopic (exact) mass is 242 g/mol. The zero-order valence-corrected chi connectivity index (χ0v) is 10.3. The maximum atomic E-state index is 10.9. The van der Waals surface area contributed by atoms with Gasteiger partial charge in [0.2, 0.25) is 0 Å². The number of carboxylic acid groups (broad SMARTS) is 1. The second-order valence-corrected chi connectivity index (χ2v) is 4.05. The summed E-state index contributed by atoms with van der Waals surface area (Å²) >= 11 is 0. The fraction of sp³-hybridized carbons (Fsp3) is 0.143. The highest BCUT2D eigenvalue weighted by atomic mass is 16.4. The van der Waals surface area contributed by atoms with E-state index in [0.717, 1.165) is 11.3 Å². The van der Waals surface area contributed by atoms with Crippen LogP contribution in [0.25, 0.3) is 0 Å². The van der Waals surface area contributed by atoms with E-state index in [-0.39, 0.29) is 5.56 Å². The summed E-state index contributed by atoms with van der Waals surface area (Å²) in [5, 5.41) is 8.97. The van der Waals surface area contributed by atoms with Gasteiger partial charge in [-0.3, -0.25) is 0 Å². The van der Waals surface area contributed by atoms with Crippen molar-refractivity contribution in [2.45, 2.75) is 6.92 Å². The van der Waals surface area contributed by atoms with Gasteiger partial charge in [0.25, 0.3) is 0 Å². The minimum atomic E-state index is -0.947. The fourth-order valence-corrected chi connectivity index (χ4v) is 1.80. The number of benzene rings is 1. The molecule has 0 aliphatic heterocycles. The molecule has 0 amide bonds. The van der Waals surface area contributed by atoms with Gasteiger partial charge < -0.3 is 10.0 Å². The maximum absolute atomic E-state index is 10.9. The quantitative estimate of drug-likeness (QED) is 0.899. The highest BCUT2D eigenvalue weighted by molar-refractivity contribution is 5.88. The molecule has 4 nitrogen and oxygen atoms in total. The Bertz CT molecular complexity index is 582. The standard InChI is InChI=1S/C14H14N2O2/c1-10-5-3-4-6-12(10)16(2)13-9-11(14(17)18)7-8-15-13/h3-9H,1-2H3,(H,17,18). The van der Waals surface area contributed by atoms with Crippen LogP contribution in [0.15, 0.2) is 42.6 Å². The molecule has 0 radical (unpaired) electrons. The Labute approximate surface area is 106 Å². The highest BCUT2D eigenvalue weighted by Crippen LogP contribution is 2.25. The number of nitrogens with zero attached hydrogens (tertiary/aromatic N) is 2. The molecular formula is C14H14N2O2. The summed E-state index contributed by atoms with van der Waals surface area (Å²) in [5.74, 6) is -0.332. The summed E-state index contributed by atoms with van der Waals surface area (Å²) in [4.78, 5) is 17.0. The zero-order valence-electron chi connectivity index (χ0n) is 10.3. The Morgan fingerprint density at radius 2 is 2.00 bits per heavy atom. The normalized spacial score (nSPS) is 10.1. The summed E-state index contributed by atoms with van der Waals surface area (Å²) in [6.45, 7) is 2.01. The lowest BCUT2D eigenvalue weighted by molar-refractivity contribution is 0.0697. The molecule has 0 atom stereocenters. The Morgan fingerprint density at radius 3 is 2.67 bits per heavy atom. The number of aryl methyl sites for hydroxylation is 1. The average molecular weight is 242 g/mol. The molecule has 18 heavy (non-hydrogen) atoms. The van der Waals surface area contributed by atoms with Crippen molar-refractivity contribution in [3.8, 4) is 0 Å². The average Bonchev–Trinajstić information content (AvgIpc) is 2.38. The number of hydrogen-bond acceptors (Lipinski definition) is 3. The number of carbonyl (C=O) groups is 1. The van der Waals surface area contributed by atoms with E-state index in [1.807, 2.05) is 43.1 Å². The van der Waals surface area contributed by atoms with Gasteiger partial charge in [-0.2, -0.15) is 0 Å². The smallest absolute Gasteiger partial charge is 0.335 e. The Hall–Kier alpha value is -2.36. The summed E-state index contributed by atoms with van der Waals surface area (Å²) in [5.41, 5.74) is 2.36. The second kappa shape index (κ2) is 4.87. The molecule has 92 valence electrons. The van der Waals surface area contributed by atoms with Gasteiger partial charge in [0.15, 0.2) is 0 Å². The molecule has 0 saturated carbocycles. The molecule has 1 heterocycles. The predicted molar refractivity (Wildman–Crippen MR) is 70.4 cm³/mol. The van der Waals surface area contributed by atoms with Crippen LogP contribution in [0, 0.1) is 6.92 Å². The lowest BCUT2D eigenvalue weighted by atomic mass is 10.2. The molecule has 2 aromatic rings. The van der Waals surface area contributed by atoms with Crippen LogP contribution >= 0.6 is 0 Å². The van der Waals surface area contributed by atoms with Crippen molar-refractivity contribution in [1.29, 1.82) is 0 Å². The first kappa shape index (κ1) is 12.1. The van der Waals surface area contributed by atoms with Gasteiger partial charge in [-0.15, -0.1) is 0 Å². The number of rotatable bonds is 3. The topological polar surface area (TPSA) is 53.4 Å². The van der Waals surface area contributed by atoms with Crippen LogP contribution in [0.4, 0.5) is 11.5 Å². The molecular weight excluding hydrogens is 228 g/mol. The molecule has 0 aliphatic rings. The SMILES string of the molecule is Cc1ccccc1N(C)c1cc(C(=O)O)ccn1. The third-order valence-corrected chi connectivity index (χ3v) is 2.81. The molecule has 0 unspecified atom stereocenters. The molecule has 1 N–H and O–H groups in total. The van der Waals surface area contributed by atoms with Crippen LogP contribution in [-0.2, 0) is 0 Å². The molecule has 1 aromatic heterocycles. The van der Waals surface area contributed by atoms with Crippen molar-refractivity contribution in [3.63, 3.8) is 0 Å². The van der Waals surface area contributed by atoms with Gasteiger partial charge in [-0.1, -0.05) is 18.2 Å². The van der Waals surface area contributed by atoms with Gasteiger partial charge in [-0.25, -0.2) is 9.78 Å². The van der Waals surface area contributed by atoms with Gasteiger partial charge in [0, 0.05) is 18.9 Å². The van der Waals surface area contributed by atoms with Crippen LogP contribution < -0.4 is 4.90 Å². The lowest BCUT2D eigenvalue weighted by Crippen LogP contribution is -2.13. The molecule has 4 heteroatoms. The Balaban J connectivity index is 2.40. The molecule has 0 saturated heterocycles. The second-order valence-electron chi connectivity index (χ2n) is 4.05. The van der Waals surface area contributed by atoms with Gasteiger partial charge in [-0.05, 0) is 30.7 Å². The van der Waals surface area contributed by atoms with E-state index < -0.39 is 5.97 Å². The largest absolute Gasteiger partial charge is 0.478 e. The van der Waals surface area contributed by atoms with E-state index in [2.05, 4.69) is 4.98 Å². The number of aromatic nitrogens is 1. The number of aromatic carboxylic acids is 1. The summed E-state index contributed by atoms with van der Waals surface area (Å²) in [6, 6.07) is 10.9. The number of hydrogen-bond donors (Lipinski definition) is 1. The Morgan fingerprint density at radius 1 is 1.28 bits per heavy atom. The first-order valence-corrected chi connectivity index (χ1v) is 5.58. The van der Waals surface area contributed by atoms with Crippen LogP contribution in [0.1, 0.15) is 15.9 Å². The van der Waals surface area contributed by atoms with Gasteiger partial charge in [0.05, 0.1) is 5.56 Å². The molecule has 2 rings (SSSR count). The zero-order chi connectivity index (χ0) is 13.1. The molecule has 1 aromatic carbocycles. The molecule has 0 aliphatic carbocycles. The van der Waals surface area contributed by atoms with E-state index in [9.17, 15) is 4.79 Å². The minimum absolute atomic E-state index is 0.237. The van der Waals surface area contributed by atoms with Crippen molar-refractivity contribution in [2.24, 2.45) is 0 Å². The van der Waals surface area contributed by atoms with E-state index in [1.54, 1.807) is 6.07 Å². The van der Waals surface area contributed by atoms with Crippen molar-refractivity contribution >= 4 is 17.5 Å². The fourth-order valence-electron chi connectivity index (χ4n) is 1.80. The number of carboxylic acids is 1. The van der Waals surface area contributed by atoms with Crippen molar-refractivity contribution in [1.82, 2.24) is 4.98 Å². The minimum Gasteiger partial charge on any atom is -0.478 e. The Kier molecular flexibility index (Phi) is 3.28. The van der Waals surface area contributed by atoms with Crippen molar-refractivity contribution in [2.75, 3.05) is 11.9 Å². The van der Waals surface area contributed by atoms with E-state index in [4.69, 9.17) is 5.11 Å².